The van der Waals surface area contributed by atoms with Crippen molar-refractivity contribution < 1.29 is 9.59 Å². The highest BCUT2D eigenvalue weighted by atomic mass is 16.1. The molecule has 0 amide bonds. The Morgan fingerprint density at radius 2 is 2.00 bits per heavy atom. The molecule has 0 radical (unpaired) electrons. The van der Waals surface area contributed by atoms with Crippen molar-refractivity contribution >= 4 is 12.1 Å². The molecule has 2 N–H and O–H groups in total. The Labute approximate surface area is 116 Å². The number of rotatable bonds is 6. The first-order chi connectivity index (χ1) is 8.82. The summed E-state index contributed by atoms with van der Waals surface area (Å²) < 4.78 is 0. The molecule has 1 aliphatic heterocycles. The Hall–Kier alpha value is -0.740. The highest BCUT2D eigenvalue weighted by Gasteiger charge is 2.47. The molecule has 0 aromatic rings. The molecule has 4 atom stereocenters. The lowest BCUT2D eigenvalue weighted by Crippen LogP contribution is -2.55. The lowest BCUT2D eigenvalue weighted by molar-refractivity contribution is -0.121. The van der Waals surface area contributed by atoms with Crippen LogP contribution in [0.25, 0.3) is 0 Å². The second kappa shape index (κ2) is 6.14. The Bertz CT molecular complexity index is 339. The topological polar surface area (TPSA) is 63.4 Å². The Kier molecular flexibility index (Phi) is 5.27. The largest absolute Gasteiger partial charge is 0.326 e. The van der Waals surface area contributed by atoms with E-state index in [0.717, 1.165) is 19.1 Å². The average Bonchev–Trinajstić information content (AvgIpc) is 2.73. The summed E-state index contributed by atoms with van der Waals surface area (Å²) in [5.41, 5.74) is 6.49. The van der Waals surface area contributed by atoms with Crippen molar-refractivity contribution in [1.82, 2.24) is 4.90 Å². The molecule has 19 heavy (non-hydrogen) atoms. The number of hydrogen-bond acceptors (Lipinski definition) is 4. The van der Waals surface area contributed by atoms with Crippen LogP contribution in [0.2, 0.25) is 0 Å². The summed E-state index contributed by atoms with van der Waals surface area (Å²) in [6, 6.07) is -0.285. The number of nitrogens with two attached hydrogens (primary N) is 1. The van der Waals surface area contributed by atoms with Crippen LogP contribution in [-0.2, 0) is 9.59 Å². The van der Waals surface area contributed by atoms with Gasteiger partial charge in [0.15, 0.2) is 0 Å². The molecule has 0 saturated carbocycles. The van der Waals surface area contributed by atoms with Gasteiger partial charge >= 0.3 is 0 Å². The van der Waals surface area contributed by atoms with Gasteiger partial charge in [-0.25, -0.2) is 0 Å². The Balaban J connectivity index is 3.02. The van der Waals surface area contributed by atoms with Crippen molar-refractivity contribution in [2.45, 2.75) is 65.1 Å². The normalized spacial score (nSPS) is 30.3. The lowest BCUT2D eigenvalue weighted by atomic mass is 9.72. The molecule has 1 rings (SSSR count). The molecule has 0 aromatic heterocycles. The van der Waals surface area contributed by atoms with Crippen molar-refractivity contribution in [2.24, 2.45) is 17.1 Å². The van der Waals surface area contributed by atoms with Crippen LogP contribution in [0, 0.1) is 11.3 Å². The Morgan fingerprint density at radius 1 is 1.47 bits per heavy atom. The number of Topliss-reactive ketones (excluding diaryl/α,β-unsaturated/α-hetero) is 1. The maximum Gasteiger partial charge on any atom is 0.146 e. The summed E-state index contributed by atoms with van der Waals surface area (Å²) in [7, 11) is 1.92. The summed E-state index contributed by atoms with van der Waals surface area (Å²) in [5, 5.41) is 0. The standard InChI is InChI=1S/C15H28N2O2/c1-6-15(4,7-2)14(16)13-11(9-18)8-12(10(3)19)17(13)5/h9,11-14H,6-8,16H2,1-5H3/t11-,12+,13+,14+/m0/s1. The minimum Gasteiger partial charge on any atom is -0.326 e. The van der Waals surface area contributed by atoms with Crippen molar-refractivity contribution in [2.75, 3.05) is 7.05 Å². The number of carbonyl (C=O) groups excluding carboxylic acids is 2. The molecule has 110 valence electrons. The summed E-state index contributed by atoms with van der Waals surface area (Å²) in [5.74, 6) is -0.00919. The van der Waals surface area contributed by atoms with E-state index in [4.69, 9.17) is 5.73 Å². The molecule has 0 bridgehead atoms. The van der Waals surface area contributed by atoms with Crippen molar-refractivity contribution in [1.29, 1.82) is 0 Å². The molecule has 1 aliphatic rings. The van der Waals surface area contributed by atoms with E-state index < -0.39 is 0 Å². The summed E-state index contributed by atoms with van der Waals surface area (Å²) in [4.78, 5) is 25.0. The second-order valence-corrected chi connectivity index (χ2v) is 6.21. The summed E-state index contributed by atoms with van der Waals surface area (Å²) in [6.07, 6.45) is 3.55. The van der Waals surface area contributed by atoms with Gasteiger partial charge in [-0.2, -0.15) is 0 Å². The molecule has 4 nitrogen and oxygen atoms in total. The fourth-order valence-corrected chi connectivity index (χ4v) is 3.32. The van der Waals surface area contributed by atoms with Crippen LogP contribution in [0.5, 0.6) is 0 Å². The minimum atomic E-state index is -0.163. The van der Waals surface area contributed by atoms with Crippen LogP contribution in [0.4, 0.5) is 0 Å². The maximum atomic E-state index is 11.7. The third-order valence-corrected chi connectivity index (χ3v) is 5.33. The van der Waals surface area contributed by atoms with Crippen LogP contribution in [0.3, 0.4) is 0 Å². The molecular weight excluding hydrogens is 240 g/mol. The predicted molar refractivity (Wildman–Crippen MR) is 76.9 cm³/mol. The van der Waals surface area contributed by atoms with Crippen LogP contribution >= 0.6 is 0 Å². The minimum absolute atomic E-state index is 0.00582. The zero-order valence-corrected chi connectivity index (χ0v) is 12.8. The van der Waals surface area contributed by atoms with E-state index in [1.165, 1.54) is 0 Å². The number of hydrogen-bond donors (Lipinski definition) is 1. The van der Waals surface area contributed by atoms with E-state index in [2.05, 4.69) is 20.8 Å². The molecule has 1 fully saturated rings. The van der Waals surface area contributed by atoms with Crippen LogP contribution < -0.4 is 5.73 Å². The second-order valence-electron chi connectivity index (χ2n) is 6.21. The number of aldehydes is 1. The first-order valence-electron chi connectivity index (χ1n) is 7.25. The molecule has 0 spiro atoms. The molecule has 0 aromatic carbocycles. The number of ketones is 1. The lowest BCUT2D eigenvalue weighted by Gasteiger charge is -2.41. The highest BCUT2D eigenvalue weighted by molar-refractivity contribution is 5.82. The van der Waals surface area contributed by atoms with Gasteiger partial charge in [0.1, 0.15) is 12.1 Å². The molecule has 1 saturated heterocycles. The summed E-state index contributed by atoms with van der Waals surface area (Å²) in [6.45, 7) is 8.04. The fourth-order valence-electron chi connectivity index (χ4n) is 3.32. The monoisotopic (exact) mass is 268 g/mol. The van der Waals surface area contributed by atoms with Gasteiger partial charge in [-0.15, -0.1) is 0 Å². The van der Waals surface area contributed by atoms with Crippen LogP contribution in [0.1, 0.15) is 47.0 Å². The van der Waals surface area contributed by atoms with E-state index in [0.29, 0.717) is 6.42 Å². The van der Waals surface area contributed by atoms with Gasteiger partial charge in [-0.3, -0.25) is 9.69 Å². The van der Waals surface area contributed by atoms with Gasteiger partial charge in [0, 0.05) is 18.0 Å². The summed E-state index contributed by atoms with van der Waals surface area (Å²) >= 11 is 0. The number of carbonyl (C=O) groups is 2. The van der Waals surface area contributed by atoms with Gasteiger partial charge in [0.25, 0.3) is 0 Å². The number of likely N-dealkylation sites (N-methyl/N-ethyl adjacent to an activating group) is 1. The van der Waals surface area contributed by atoms with Gasteiger partial charge in [0.2, 0.25) is 0 Å². The zero-order chi connectivity index (χ0) is 14.8. The van der Waals surface area contributed by atoms with Crippen LogP contribution in [-0.4, -0.2) is 42.1 Å². The van der Waals surface area contributed by atoms with Gasteiger partial charge in [-0.1, -0.05) is 20.8 Å². The molecule has 0 unspecified atom stereocenters. The van der Waals surface area contributed by atoms with E-state index in [9.17, 15) is 9.59 Å². The first kappa shape index (κ1) is 16.3. The smallest absolute Gasteiger partial charge is 0.146 e. The van der Waals surface area contributed by atoms with E-state index in [-0.39, 0.29) is 35.2 Å². The third kappa shape index (κ3) is 2.90. The van der Waals surface area contributed by atoms with Crippen molar-refractivity contribution in [3.8, 4) is 0 Å². The van der Waals surface area contributed by atoms with Gasteiger partial charge in [0.05, 0.1) is 6.04 Å². The van der Waals surface area contributed by atoms with Gasteiger partial charge in [-0.05, 0) is 38.6 Å². The highest BCUT2D eigenvalue weighted by Crippen LogP contribution is 2.38. The number of likely N-dealkylation sites (tertiary alicyclic amines) is 1. The third-order valence-electron chi connectivity index (χ3n) is 5.33. The average molecular weight is 268 g/mol. The molecule has 1 heterocycles. The number of nitrogens with zero attached hydrogens (tertiary/aromatic N) is 1. The van der Waals surface area contributed by atoms with E-state index in [1.54, 1.807) is 6.92 Å². The van der Waals surface area contributed by atoms with Crippen molar-refractivity contribution in [3.63, 3.8) is 0 Å². The maximum absolute atomic E-state index is 11.7. The van der Waals surface area contributed by atoms with Gasteiger partial charge < -0.3 is 10.5 Å². The Morgan fingerprint density at radius 3 is 2.37 bits per heavy atom. The molecule has 4 heteroatoms. The predicted octanol–water partition coefficient (Wildman–Crippen LogP) is 1.62. The quantitative estimate of drug-likeness (QED) is 0.744. The van der Waals surface area contributed by atoms with E-state index in [1.807, 2.05) is 11.9 Å². The first-order valence-corrected chi connectivity index (χ1v) is 7.25. The van der Waals surface area contributed by atoms with E-state index >= 15 is 0 Å². The zero-order valence-electron chi connectivity index (χ0n) is 12.8. The fraction of sp³-hybridized carbons (Fsp3) is 0.867. The SMILES string of the molecule is CCC(C)(CC)[C@H](N)[C@H]1[C@H](C=O)C[C@H](C(C)=O)N1C. The van der Waals surface area contributed by atoms with Crippen molar-refractivity contribution in [3.05, 3.63) is 0 Å². The molecular formula is C15H28N2O2. The van der Waals surface area contributed by atoms with Crippen LogP contribution in [0.15, 0.2) is 0 Å². The molecule has 0 aliphatic carbocycles.